The Balaban J connectivity index is 1.95. The third-order valence-electron chi connectivity index (χ3n) is 3.86. The summed E-state index contributed by atoms with van der Waals surface area (Å²) in [6.45, 7) is 0.921. The third kappa shape index (κ3) is 1.90. The zero-order valence-electron chi connectivity index (χ0n) is 11.5. The van der Waals surface area contributed by atoms with Crippen LogP contribution in [0.2, 0.25) is 0 Å². The molecule has 2 aromatic carbocycles. The van der Waals surface area contributed by atoms with Gasteiger partial charge in [-0.2, -0.15) is 4.98 Å². The van der Waals surface area contributed by atoms with Crippen LogP contribution in [-0.4, -0.2) is 16.5 Å². The number of nitrogens with two attached hydrogens (primary N) is 1. The van der Waals surface area contributed by atoms with Crippen LogP contribution in [0.1, 0.15) is 5.56 Å². The van der Waals surface area contributed by atoms with Crippen LogP contribution in [-0.2, 0) is 6.42 Å². The van der Waals surface area contributed by atoms with E-state index in [0.717, 1.165) is 29.7 Å². The Kier molecular flexibility index (Phi) is 2.72. The molecule has 4 rings (SSSR count). The molecule has 21 heavy (non-hydrogen) atoms. The summed E-state index contributed by atoms with van der Waals surface area (Å²) in [6.07, 6.45) is 1.03. The average molecular weight is 277 g/mol. The zero-order chi connectivity index (χ0) is 14.2. The quantitative estimate of drug-likeness (QED) is 0.556. The van der Waals surface area contributed by atoms with Crippen LogP contribution in [0.15, 0.2) is 48.5 Å². The smallest absolute Gasteiger partial charge is 0.239 e. The highest BCUT2D eigenvalue weighted by Crippen LogP contribution is 2.36. The summed E-state index contributed by atoms with van der Waals surface area (Å²) in [5.41, 5.74) is 6.01. The number of rotatable bonds is 2. The van der Waals surface area contributed by atoms with E-state index >= 15 is 0 Å². The minimum Gasteiger partial charge on any atom is -0.325 e. The van der Waals surface area contributed by atoms with Crippen molar-refractivity contribution < 1.29 is 0 Å². The number of para-hydroxylation sites is 2. The summed E-state index contributed by atoms with van der Waals surface area (Å²) in [7, 11) is 0. The number of nitrogens with one attached hydrogen (secondary N) is 1. The lowest BCUT2D eigenvalue weighted by atomic mass is 10.2. The summed E-state index contributed by atoms with van der Waals surface area (Å²) >= 11 is 0. The topological polar surface area (TPSA) is 67.1 Å². The fourth-order valence-corrected chi connectivity index (χ4v) is 2.89. The number of hydrogen-bond donors (Lipinski definition) is 2. The van der Waals surface area contributed by atoms with E-state index in [2.05, 4.69) is 44.6 Å². The first-order valence-electron chi connectivity index (χ1n) is 6.95. The molecule has 3 aromatic rings. The molecule has 0 unspecified atom stereocenters. The Labute approximate surface area is 122 Å². The van der Waals surface area contributed by atoms with E-state index in [9.17, 15) is 0 Å². The number of benzene rings is 2. The van der Waals surface area contributed by atoms with Gasteiger partial charge in [0, 0.05) is 17.6 Å². The maximum Gasteiger partial charge on any atom is 0.239 e. The highest BCUT2D eigenvalue weighted by atomic mass is 15.3. The first-order chi connectivity index (χ1) is 10.4. The minimum absolute atomic E-state index is 0.438. The molecular formula is C16H15N5. The second kappa shape index (κ2) is 4.71. The lowest BCUT2D eigenvalue weighted by molar-refractivity contribution is 0.973. The number of anilines is 3. The molecule has 0 saturated heterocycles. The van der Waals surface area contributed by atoms with E-state index in [0.29, 0.717) is 5.95 Å². The number of hydrazine groups is 1. The molecule has 0 bridgehead atoms. The highest BCUT2D eigenvalue weighted by Gasteiger charge is 2.23. The highest BCUT2D eigenvalue weighted by molar-refractivity contribution is 5.93. The average Bonchev–Trinajstić information content (AvgIpc) is 2.97. The van der Waals surface area contributed by atoms with Gasteiger partial charge in [-0.3, -0.25) is 5.43 Å². The molecule has 1 aliphatic heterocycles. The van der Waals surface area contributed by atoms with Gasteiger partial charge in [0.1, 0.15) is 5.82 Å². The molecule has 2 heterocycles. The lowest BCUT2D eigenvalue weighted by Crippen LogP contribution is -2.18. The molecule has 0 spiro atoms. The monoisotopic (exact) mass is 277 g/mol. The molecule has 1 aliphatic rings. The van der Waals surface area contributed by atoms with Crippen molar-refractivity contribution in [2.45, 2.75) is 6.42 Å². The number of nitrogen functional groups attached to an aromatic ring is 1. The predicted octanol–water partition coefficient (Wildman–Crippen LogP) is 2.61. The van der Waals surface area contributed by atoms with E-state index in [-0.39, 0.29) is 0 Å². The van der Waals surface area contributed by atoms with Crippen LogP contribution >= 0.6 is 0 Å². The van der Waals surface area contributed by atoms with E-state index in [1.807, 2.05) is 24.3 Å². The van der Waals surface area contributed by atoms with Crippen molar-refractivity contribution in [1.29, 1.82) is 0 Å². The SMILES string of the molecule is NNc1nc(N2CCc3ccccc32)c2ccccc2n1. The van der Waals surface area contributed by atoms with Crippen molar-refractivity contribution in [3.05, 3.63) is 54.1 Å². The molecule has 3 N–H and O–H groups in total. The molecule has 0 atom stereocenters. The van der Waals surface area contributed by atoms with Gasteiger partial charge >= 0.3 is 0 Å². The van der Waals surface area contributed by atoms with Gasteiger partial charge in [-0.05, 0) is 30.2 Å². The van der Waals surface area contributed by atoms with Crippen LogP contribution in [0.4, 0.5) is 17.5 Å². The minimum atomic E-state index is 0.438. The zero-order valence-corrected chi connectivity index (χ0v) is 11.5. The van der Waals surface area contributed by atoms with Crippen molar-refractivity contribution in [3.63, 3.8) is 0 Å². The standard InChI is InChI=1S/C16H15N5/c17-20-16-18-13-7-3-2-6-12(13)15(19-16)21-10-9-11-5-1-4-8-14(11)21/h1-8H,9-10,17H2,(H,18,19,20). The molecule has 5 heteroatoms. The Morgan fingerprint density at radius 1 is 1.00 bits per heavy atom. The molecule has 0 aliphatic carbocycles. The number of nitrogens with zero attached hydrogens (tertiary/aromatic N) is 3. The number of fused-ring (bicyclic) bond motifs is 2. The maximum absolute atomic E-state index is 5.51. The van der Waals surface area contributed by atoms with Crippen LogP contribution in [0.3, 0.4) is 0 Å². The van der Waals surface area contributed by atoms with Gasteiger partial charge in [0.25, 0.3) is 0 Å². The van der Waals surface area contributed by atoms with Gasteiger partial charge in [0.2, 0.25) is 5.95 Å². The normalized spacial score (nSPS) is 13.5. The Bertz CT molecular complexity index is 815. The lowest BCUT2D eigenvalue weighted by Gasteiger charge is -2.20. The van der Waals surface area contributed by atoms with Gasteiger partial charge in [0.05, 0.1) is 5.52 Å². The van der Waals surface area contributed by atoms with Crippen molar-refractivity contribution in [1.82, 2.24) is 9.97 Å². The molecule has 0 saturated carbocycles. The van der Waals surface area contributed by atoms with Crippen molar-refractivity contribution in [2.24, 2.45) is 5.84 Å². The van der Waals surface area contributed by atoms with E-state index in [1.165, 1.54) is 11.3 Å². The Hall–Kier alpha value is -2.66. The Morgan fingerprint density at radius 3 is 2.71 bits per heavy atom. The fourth-order valence-electron chi connectivity index (χ4n) is 2.89. The molecule has 1 aromatic heterocycles. The fraction of sp³-hybridized carbons (Fsp3) is 0.125. The summed E-state index contributed by atoms with van der Waals surface area (Å²) < 4.78 is 0. The predicted molar refractivity (Wildman–Crippen MR) is 84.5 cm³/mol. The van der Waals surface area contributed by atoms with E-state index in [4.69, 9.17) is 5.84 Å². The largest absolute Gasteiger partial charge is 0.325 e. The molecule has 5 nitrogen and oxygen atoms in total. The van der Waals surface area contributed by atoms with Crippen LogP contribution in [0.25, 0.3) is 10.9 Å². The number of hydrogen-bond acceptors (Lipinski definition) is 5. The van der Waals surface area contributed by atoms with Gasteiger partial charge < -0.3 is 4.90 Å². The molecule has 0 fully saturated rings. The Morgan fingerprint density at radius 2 is 1.81 bits per heavy atom. The van der Waals surface area contributed by atoms with Crippen LogP contribution in [0.5, 0.6) is 0 Å². The van der Waals surface area contributed by atoms with E-state index < -0.39 is 0 Å². The summed E-state index contributed by atoms with van der Waals surface area (Å²) in [5.74, 6) is 6.85. The van der Waals surface area contributed by atoms with Gasteiger partial charge in [-0.15, -0.1) is 0 Å². The second-order valence-electron chi connectivity index (χ2n) is 5.06. The van der Waals surface area contributed by atoms with Gasteiger partial charge in [-0.25, -0.2) is 10.8 Å². The van der Waals surface area contributed by atoms with Gasteiger partial charge in [0.15, 0.2) is 0 Å². The first kappa shape index (κ1) is 12.1. The van der Waals surface area contributed by atoms with E-state index in [1.54, 1.807) is 0 Å². The second-order valence-corrected chi connectivity index (χ2v) is 5.06. The molecule has 0 amide bonds. The van der Waals surface area contributed by atoms with Crippen molar-refractivity contribution in [3.8, 4) is 0 Å². The van der Waals surface area contributed by atoms with Crippen LogP contribution in [0, 0.1) is 0 Å². The maximum atomic E-state index is 5.51. The van der Waals surface area contributed by atoms with Crippen molar-refractivity contribution in [2.75, 3.05) is 16.9 Å². The first-order valence-corrected chi connectivity index (χ1v) is 6.95. The molecular weight excluding hydrogens is 262 g/mol. The van der Waals surface area contributed by atoms with Crippen LogP contribution < -0.4 is 16.2 Å². The molecule has 104 valence electrons. The third-order valence-corrected chi connectivity index (χ3v) is 3.86. The van der Waals surface area contributed by atoms with Crippen molar-refractivity contribution >= 4 is 28.4 Å². The summed E-state index contributed by atoms with van der Waals surface area (Å²) in [4.78, 5) is 11.2. The summed E-state index contributed by atoms with van der Waals surface area (Å²) in [5, 5.41) is 1.04. The summed E-state index contributed by atoms with van der Waals surface area (Å²) in [6, 6.07) is 16.4. The molecule has 0 radical (unpaired) electrons. The number of aromatic nitrogens is 2. The van der Waals surface area contributed by atoms with Gasteiger partial charge in [-0.1, -0.05) is 30.3 Å².